The van der Waals surface area contributed by atoms with Gasteiger partial charge in [-0.3, -0.25) is 0 Å². The topological polar surface area (TPSA) is 54.7 Å². The van der Waals surface area contributed by atoms with Crippen LogP contribution in [0.15, 0.2) is 60.7 Å². The van der Waals surface area contributed by atoms with Crippen molar-refractivity contribution >= 4 is 0 Å². The van der Waals surface area contributed by atoms with E-state index in [-0.39, 0.29) is 5.41 Å². The molecule has 25 heavy (non-hydrogen) atoms. The van der Waals surface area contributed by atoms with Crippen molar-refractivity contribution in [3.63, 3.8) is 0 Å². The highest BCUT2D eigenvalue weighted by atomic mass is 14.9. The number of nitrogens with two attached hydrogens (primary N) is 1. The Bertz CT molecular complexity index is 793. The molecular weight excluding hydrogens is 306 g/mol. The summed E-state index contributed by atoms with van der Waals surface area (Å²) in [4.78, 5) is 8.63. The zero-order valence-corrected chi connectivity index (χ0v) is 15.1. The van der Waals surface area contributed by atoms with Gasteiger partial charge < -0.3 is 10.7 Å². The highest BCUT2D eigenvalue weighted by molar-refractivity contribution is 5.68. The van der Waals surface area contributed by atoms with Crippen LogP contribution in [0.1, 0.15) is 38.8 Å². The zero-order chi connectivity index (χ0) is 17.7. The largest absolute Gasteiger partial charge is 0.341 e. The number of hydrogen-bond donors (Lipinski definition) is 2. The van der Waals surface area contributed by atoms with Crippen LogP contribution in [0.3, 0.4) is 0 Å². The molecule has 0 aliphatic rings. The van der Waals surface area contributed by atoms with Crippen molar-refractivity contribution in [2.45, 2.75) is 38.5 Å². The van der Waals surface area contributed by atoms with Crippen molar-refractivity contribution < 1.29 is 0 Å². The average Bonchev–Trinajstić information content (AvgIpc) is 3.14. The lowest BCUT2D eigenvalue weighted by molar-refractivity contribution is 0.400. The molecule has 0 saturated carbocycles. The molecule has 0 bridgehead atoms. The number of aromatic nitrogens is 2. The first-order valence-corrected chi connectivity index (χ1v) is 9.09. The minimum atomic E-state index is 0.0323. The Morgan fingerprint density at radius 1 is 0.960 bits per heavy atom. The van der Waals surface area contributed by atoms with Gasteiger partial charge in [0.25, 0.3) is 0 Å². The Morgan fingerprint density at radius 2 is 1.56 bits per heavy atom. The summed E-state index contributed by atoms with van der Waals surface area (Å²) in [6.07, 6.45) is 3.11. The smallest absolute Gasteiger partial charge is 0.138 e. The Kier molecular flexibility index (Phi) is 5.34. The Hall–Kier alpha value is -2.39. The van der Waals surface area contributed by atoms with Gasteiger partial charge in [0.2, 0.25) is 0 Å². The van der Waals surface area contributed by atoms with Crippen LogP contribution in [-0.2, 0) is 5.41 Å². The molecular formula is C22H27N3. The first-order chi connectivity index (χ1) is 12.2. The summed E-state index contributed by atoms with van der Waals surface area (Å²) in [6, 6.07) is 20.8. The lowest BCUT2D eigenvalue weighted by atomic mass is 9.78. The van der Waals surface area contributed by atoms with Gasteiger partial charge in [-0.05, 0) is 25.8 Å². The summed E-state index contributed by atoms with van der Waals surface area (Å²) in [7, 11) is 0. The third kappa shape index (κ3) is 3.67. The lowest BCUT2D eigenvalue weighted by Gasteiger charge is -2.28. The van der Waals surface area contributed by atoms with E-state index in [1.807, 2.05) is 24.3 Å². The molecule has 1 heterocycles. The summed E-state index contributed by atoms with van der Waals surface area (Å²) < 4.78 is 0. The molecule has 0 aliphatic heterocycles. The number of aromatic amines is 1. The molecule has 3 nitrogen and oxygen atoms in total. The number of nitrogens with one attached hydrogen (secondary N) is 1. The van der Waals surface area contributed by atoms with Crippen LogP contribution in [0, 0.1) is 0 Å². The molecule has 0 saturated heterocycles. The van der Waals surface area contributed by atoms with E-state index < -0.39 is 0 Å². The van der Waals surface area contributed by atoms with Crippen LogP contribution in [0.2, 0.25) is 0 Å². The van der Waals surface area contributed by atoms with Crippen LogP contribution in [0.4, 0.5) is 0 Å². The Labute approximate surface area is 150 Å². The molecule has 3 aromatic rings. The predicted molar refractivity (Wildman–Crippen MR) is 105 cm³/mol. The van der Waals surface area contributed by atoms with Crippen LogP contribution in [0.25, 0.3) is 22.6 Å². The highest BCUT2D eigenvalue weighted by Gasteiger charge is 2.30. The van der Waals surface area contributed by atoms with E-state index in [2.05, 4.69) is 55.2 Å². The normalized spacial score (nSPS) is 13.6. The molecule has 1 unspecified atom stereocenters. The van der Waals surface area contributed by atoms with Gasteiger partial charge >= 0.3 is 0 Å². The quantitative estimate of drug-likeness (QED) is 0.628. The van der Waals surface area contributed by atoms with Crippen molar-refractivity contribution in [3.8, 4) is 22.6 Å². The second-order valence-corrected chi connectivity index (χ2v) is 6.85. The molecule has 3 N–H and O–H groups in total. The minimum absolute atomic E-state index is 0.0323. The second kappa shape index (κ2) is 7.66. The number of imidazole rings is 1. The van der Waals surface area contributed by atoms with Crippen molar-refractivity contribution in [1.82, 2.24) is 9.97 Å². The fourth-order valence-corrected chi connectivity index (χ4v) is 3.32. The van der Waals surface area contributed by atoms with E-state index >= 15 is 0 Å². The van der Waals surface area contributed by atoms with Gasteiger partial charge in [-0.15, -0.1) is 0 Å². The van der Waals surface area contributed by atoms with E-state index in [1.165, 1.54) is 5.69 Å². The maximum absolute atomic E-state index is 5.79. The summed E-state index contributed by atoms with van der Waals surface area (Å²) >= 11 is 0. The van der Waals surface area contributed by atoms with Crippen LogP contribution < -0.4 is 5.73 Å². The highest BCUT2D eigenvalue weighted by Crippen LogP contribution is 2.38. The molecule has 0 amide bonds. The van der Waals surface area contributed by atoms with E-state index in [4.69, 9.17) is 10.7 Å². The van der Waals surface area contributed by atoms with Crippen molar-refractivity contribution in [1.29, 1.82) is 0 Å². The number of H-pyrrole nitrogens is 1. The van der Waals surface area contributed by atoms with E-state index in [0.29, 0.717) is 0 Å². The number of benzene rings is 2. The van der Waals surface area contributed by atoms with E-state index in [0.717, 1.165) is 48.5 Å². The van der Waals surface area contributed by atoms with Gasteiger partial charge in [-0.25, -0.2) is 4.98 Å². The summed E-state index contributed by atoms with van der Waals surface area (Å²) in [5.74, 6) is 0.932. The fourth-order valence-electron chi connectivity index (χ4n) is 3.32. The molecule has 3 heteroatoms. The first kappa shape index (κ1) is 17.4. The van der Waals surface area contributed by atoms with Crippen molar-refractivity contribution in [2.75, 3.05) is 6.54 Å². The maximum atomic E-state index is 5.79. The number of nitrogens with zero attached hydrogens (tertiary/aromatic N) is 1. The zero-order valence-electron chi connectivity index (χ0n) is 15.1. The fraction of sp³-hybridized carbons (Fsp3) is 0.318. The van der Waals surface area contributed by atoms with Crippen LogP contribution in [-0.4, -0.2) is 16.5 Å². The van der Waals surface area contributed by atoms with Gasteiger partial charge in [-0.2, -0.15) is 0 Å². The SMILES string of the molecule is CCC(C)(CCCN)c1[nH]c(-c2ccccc2)nc1-c1ccccc1. The third-order valence-corrected chi connectivity index (χ3v) is 5.11. The monoisotopic (exact) mass is 333 g/mol. The summed E-state index contributed by atoms with van der Waals surface area (Å²) in [5, 5.41) is 0. The molecule has 3 rings (SSSR count). The van der Waals surface area contributed by atoms with Crippen LogP contribution in [0.5, 0.6) is 0 Å². The number of hydrogen-bond acceptors (Lipinski definition) is 2. The molecule has 0 aliphatic carbocycles. The summed E-state index contributed by atoms with van der Waals surface area (Å²) in [5.41, 5.74) is 10.4. The standard InChI is InChI=1S/C22H27N3/c1-3-22(2,15-10-16-23)20-19(17-11-6-4-7-12-17)24-21(25-20)18-13-8-5-9-14-18/h4-9,11-14H,3,10,15-16,23H2,1-2H3,(H,24,25). The maximum Gasteiger partial charge on any atom is 0.138 e. The van der Waals surface area contributed by atoms with Crippen molar-refractivity contribution in [2.24, 2.45) is 5.73 Å². The van der Waals surface area contributed by atoms with Gasteiger partial charge in [0, 0.05) is 22.2 Å². The average molecular weight is 333 g/mol. The third-order valence-electron chi connectivity index (χ3n) is 5.11. The Morgan fingerprint density at radius 3 is 2.12 bits per heavy atom. The van der Waals surface area contributed by atoms with Gasteiger partial charge in [-0.1, -0.05) is 74.5 Å². The van der Waals surface area contributed by atoms with E-state index in [9.17, 15) is 0 Å². The van der Waals surface area contributed by atoms with Crippen LogP contribution >= 0.6 is 0 Å². The second-order valence-electron chi connectivity index (χ2n) is 6.85. The lowest BCUT2D eigenvalue weighted by Crippen LogP contribution is -2.23. The van der Waals surface area contributed by atoms with Gasteiger partial charge in [0.15, 0.2) is 0 Å². The summed E-state index contributed by atoms with van der Waals surface area (Å²) in [6.45, 7) is 5.28. The predicted octanol–water partition coefficient (Wildman–Crippen LogP) is 5.15. The number of rotatable bonds is 7. The van der Waals surface area contributed by atoms with Gasteiger partial charge in [0.1, 0.15) is 5.82 Å². The first-order valence-electron chi connectivity index (χ1n) is 9.09. The van der Waals surface area contributed by atoms with Gasteiger partial charge in [0.05, 0.1) is 5.69 Å². The minimum Gasteiger partial charge on any atom is -0.341 e. The van der Waals surface area contributed by atoms with E-state index in [1.54, 1.807) is 0 Å². The molecule has 0 radical (unpaired) electrons. The van der Waals surface area contributed by atoms with Crippen molar-refractivity contribution in [3.05, 3.63) is 66.4 Å². The molecule has 0 spiro atoms. The Balaban J connectivity index is 2.13. The molecule has 130 valence electrons. The molecule has 2 aromatic carbocycles. The molecule has 1 aromatic heterocycles. The molecule has 1 atom stereocenters. The molecule has 0 fully saturated rings.